The molecule has 2 aromatic carbocycles. The summed E-state index contributed by atoms with van der Waals surface area (Å²) in [5.41, 5.74) is -2.42. The minimum Gasteiger partial charge on any atom is -0.305 e. The van der Waals surface area contributed by atoms with Gasteiger partial charge in [0.1, 0.15) is 11.4 Å². The summed E-state index contributed by atoms with van der Waals surface area (Å²) >= 11 is 3.37. The van der Waals surface area contributed by atoms with E-state index in [-0.39, 0.29) is 12.2 Å². The maximum atomic E-state index is 13.6. The minimum absolute atomic E-state index is 0.0722. The summed E-state index contributed by atoms with van der Waals surface area (Å²) in [4.78, 5) is 27.7. The molecule has 1 saturated heterocycles. The van der Waals surface area contributed by atoms with Gasteiger partial charge < -0.3 is 4.90 Å². The highest BCUT2D eigenvalue weighted by Crippen LogP contribution is 2.38. The van der Waals surface area contributed by atoms with Gasteiger partial charge in [0.15, 0.2) is 0 Å². The van der Waals surface area contributed by atoms with E-state index in [4.69, 9.17) is 0 Å². The van der Waals surface area contributed by atoms with E-state index in [2.05, 4.69) is 15.9 Å². The number of benzene rings is 2. The number of rotatable bonds is 3. The zero-order valence-electron chi connectivity index (χ0n) is 14.8. The molecular formula is C19H15BrF4N2O2. The second-order valence-corrected chi connectivity index (χ2v) is 7.68. The van der Waals surface area contributed by atoms with Gasteiger partial charge in [0.2, 0.25) is 0 Å². The first-order valence-electron chi connectivity index (χ1n) is 8.21. The molecule has 0 spiro atoms. The lowest BCUT2D eigenvalue weighted by Gasteiger charge is -2.28. The zero-order valence-corrected chi connectivity index (χ0v) is 16.4. The van der Waals surface area contributed by atoms with Crippen LogP contribution in [0.5, 0.6) is 0 Å². The van der Waals surface area contributed by atoms with Crippen LogP contribution in [0, 0.1) is 5.82 Å². The van der Waals surface area contributed by atoms with Gasteiger partial charge in [0.25, 0.3) is 5.91 Å². The van der Waals surface area contributed by atoms with E-state index in [0.717, 1.165) is 16.1 Å². The van der Waals surface area contributed by atoms with Gasteiger partial charge in [-0.2, -0.15) is 13.2 Å². The van der Waals surface area contributed by atoms with Crippen molar-refractivity contribution in [2.45, 2.75) is 32.1 Å². The van der Waals surface area contributed by atoms with Crippen LogP contribution in [0.25, 0.3) is 0 Å². The Kier molecular flexibility index (Phi) is 4.99. The predicted molar refractivity (Wildman–Crippen MR) is 98.0 cm³/mol. The fourth-order valence-electron chi connectivity index (χ4n) is 3.00. The molecule has 1 heterocycles. The third-order valence-electron chi connectivity index (χ3n) is 4.62. The Bertz CT molecular complexity index is 959. The molecular weight excluding hydrogens is 444 g/mol. The molecule has 3 rings (SSSR count). The first kappa shape index (κ1) is 20.3. The standard InChI is InChI=1S/C19H15BrF4N2O2/c1-18(2)16(27)26(12-7-8-15(21)13(9-12)19(22,23)24)17(28)25(18)10-11-5-3-4-6-14(11)20/h3-9H,10H2,1-2H3. The third-order valence-corrected chi connectivity index (χ3v) is 5.40. The van der Waals surface area contributed by atoms with E-state index in [1.54, 1.807) is 24.3 Å². The summed E-state index contributed by atoms with van der Waals surface area (Å²) in [5, 5.41) is 0. The number of nitrogens with zero attached hydrogens (tertiary/aromatic N) is 2. The van der Waals surface area contributed by atoms with Crippen LogP contribution < -0.4 is 4.90 Å². The van der Waals surface area contributed by atoms with Crippen LogP contribution in [0.2, 0.25) is 0 Å². The van der Waals surface area contributed by atoms with Crippen molar-refractivity contribution in [2.24, 2.45) is 0 Å². The van der Waals surface area contributed by atoms with Gasteiger partial charge in [-0.1, -0.05) is 34.1 Å². The molecule has 0 atom stereocenters. The highest BCUT2D eigenvalue weighted by molar-refractivity contribution is 9.10. The Labute approximate surface area is 166 Å². The largest absolute Gasteiger partial charge is 0.419 e. The van der Waals surface area contributed by atoms with Crippen LogP contribution >= 0.6 is 15.9 Å². The van der Waals surface area contributed by atoms with Crippen LogP contribution in [0.15, 0.2) is 46.9 Å². The van der Waals surface area contributed by atoms with Crippen molar-refractivity contribution in [2.75, 3.05) is 4.90 Å². The number of urea groups is 1. The topological polar surface area (TPSA) is 40.6 Å². The van der Waals surface area contributed by atoms with Crippen LogP contribution in [-0.4, -0.2) is 22.4 Å². The molecule has 1 fully saturated rings. The van der Waals surface area contributed by atoms with Crippen molar-refractivity contribution >= 4 is 33.6 Å². The van der Waals surface area contributed by atoms with Crippen LogP contribution in [-0.2, 0) is 17.5 Å². The van der Waals surface area contributed by atoms with E-state index >= 15 is 0 Å². The van der Waals surface area contributed by atoms with Gasteiger partial charge in [-0.25, -0.2) is 14.1 Å². The quantitative estimate of drug-likeness (QED) is 0.459. The molecule has 0 N–H and O–H groups in total. The van der Waals surface area contributed by atoms with Crippen molar-refractivity contribution < 1.29 is 27.2 Å². The Hall–Kier alpha value is -2.42. The van der Waals surface area contributed by atoms with Crippen molar-refractivity contribution in [1.29, 1.82) is 0 Å². The number of alkyl halides is 3. The molecule has 4 nitrogen and oxygen atoms in total. The fraction of sp³-hybridized carbons (Fsp3) is 0.263. The smallest absolute Gasteiger partial charge is 0.305 e. The van der Waals surface area contributed by atoms with E-state index in [9.17, 15) is 27.2 Å². The first-order chi connectivity index (χ1) is 12.9. The number of carbonyl (C=O) groups is 2. The fourth-order valence-corrected chi connectivity index (χ4v) is 3.41. The molecule has 2 aromatic rings. The molecule has 0 radical (unpaired) electrons. The molecule has 28 heavy (non-hydrogen) atoms. The van der Waals surface area contributed by atoms with Crippen molar-refractivity contribution in [3.63, 3.8) is 0 Å². The maximum Gasteiger partial charge on any atom is 0.419 e. The SMILES string of the molecule is CC1(C)C(=O)N(c2ccc(F)c(C(F)(F)F)c2)C(=O)N1Cc1ccccc1Br. The molecule has 0 aromatic heterocycles. The second kappa shape index (κ2) is 6.88. The molecule has 148 valence electrons. The summed E-state index contributed by atoms with van der Waals surface area (Å²) in [5.74, 6) is -2.16. The highest BCUT2D eigenvalue weighted by Gasteiger charge is 2.52. The Balaban J connectivity index is 2.02. The van der Waals surface area contributed by atoms with Gasteiger partial charge in [0.05, 0.1) is 11.3 Å². The van der Waals surface area contributed by atoms with Gasteiger partial charge >= 0.3 is 12.2 Å². The monoisotopic (exact) mass is 458 g/mol. The molecule has 1 aliphatic rings. The van der Waals surface area contributed by atoms with Crippen molar-refractivity contribution in [3.8, 4) is 0 Å². The van der Waals surface area contributed by atoms with Crippen LogP contribution in [0.3, 0.4) is 0 Å². The molecule has 9 heteroatoms. The summed E-state index contributed by atoms with van der Waals surface area (Å²) in [6.45, 7) is 3.10. The first-order valence-corrected chi connectivity index (χ1v) is 9.00. The average molecular weight is 459 g/mol. The molecule has 3 amide bonds. The third kappa shape index (κ3) is 3.39. The van der Waals surface area contributed by atoms with E-state index in [1.807, 2.05) is 0 Å². The maximum absolute atomic E-state index is 13.6. The number of halogens is 5. The van der Waals surface area contributed by atoms with E-state index in [1.165, 1.54) is 18.7 Å². The second-order valence-electron chi connectivity index (χ2n) is 6.82. The molecule has 0 unspecified atom stereocenters. The lowest BCUT2D eigenvalue weighted by Crippen LogP contribution is -2.43. The van der Waals surface area contributed by atoms with Crippen LogP contribution in [0.1, 0.15) is 25.0 Å². The number of hydrogen-bond acceptors (Lipinski definition) is 2. The molecule has 0 saturated carbocycles. The van der Waals surface area contributed by atoms with Gasteiger partial charge in [0, 0.05) is 11.0 Å². The summed E-state index contributed by atoms with van der Waals surface area (Å²) < 4.78 is 53.4. The summed E-state index contributed by atoms with van der Waals surface area (Å²) in [6, 6.07) is 8.38. The average Bonchev–Trinajstić information content (AvgIpc) is 2.76. The highest BCUT2D eigenvalue weighted by atomic mass is 79.9. The Morgan fingerprint density at radius 2 is 1.71 bits per heavy atom. The lowest BCUT2D eigenvalue weighted by atomic mass is 10.0. The van der Waals surface area contributed by atoms with Gasteiger partial charge in [-0.3, -0.25) is 4.79 Å². The number of anilines is 1. The summed E-state index contributed by atoms with van der Waals surface area (Å²) in [6.07, 6.45) is -4.95. The number of hydrogen-bond donors (Lipinski definition) is 0. The zero-order chi connectivity index (χ0) is 20.9. The van der Waals surface area contributed by atoms with Crippen LogP contribution in [0.4, 0.5) is 28.0 Å². The number of amides is 3. The van der Waals surface area contributed by atoms with E-state index in [0.29, 0.717) is 17.0 Å². The molecule has 0 aliphatic carbocycles. The number of carbonyl (C=O) groups excluding carboxylic acids is 2. The van der Waals surface area contributed by atoms with Crippen molar-refractivity contribution in [3.05, 3.63) is 63.9 Å². The lowest BCUT2D eigenvalue weighted by molar-refractivity contribution is -0.140. The number of imide groups is 1. The molecule has 1 aliphatic heterocycles. The Morgan fingerprint density at radius 3 is 2.32 bits per heavy atom. The van der Waals surface area contributed by atoms with E-state index < -0.39 is 35.0 Å². The Morgan fingerprint density at radius 1 is 1.07 bits per heavy atom. The molecule has 0 bridgehead atoms. The van der Waals surface area contributed by atoms with Gasteiger partial charge in [-0.05, 0) is 43.7 Å². The van der Waals surface area contributed by atoms with Crippen molar-refractivity contribution in [1.82, 2.24) is 4.90 Å². The normalized spacial score (nSPS) is 16.8. The van der Waals surface area contributed by atoms with Gasteiger partial charge in [-0.15, -0.1) is 0 Å². The predicted octanol–water partition coefficient (Wildman–Crippen LogP) is 5.35. The minimum atomic E-state index is -4.95. The summed E-state index contributed by atoms with van der Waals surface area (Å²) in [7, 11) is 0.